The third-order valence-electron chi connectivity index (χ3n) is 2.78. The van der Waals surface area contributed by atoms with Crippen LogP contribution in [-0.2, 0) is 10.0 Å². The molecular weight excluding hydrogens is 278 g/mol. The van der Waals surface area contributed by atoms with Gasteiger partial charge in [0.15, 0.2) is 0 Å². The monoisotopic (exact) mass is 289 g/mol. The number of hydrogen-bond acceptors (Lipinski definition) is 5. The number of aromatic nitrogens is 3. The molecule has 102 valence electrons. The highest BCUT2D eigenvalue weighted by Gasteiger charge is 2.16. The number of rotatable bonds is 3. The Kier molecular flexibility index (Phi) is 2.79. The molecule has 20 heavy (non-hydrogen) atoms. The Morgan fingerprint density at radius 1 is 1.05 bits per heavy atom. The normalized spacial score (nSPS) is 11.6. The number of nitrogens with one attached hydrogen (secondary N) is 2. The van der Waals surface area contributed by atoms with E-state index in [0.29, 0.717) is 22.4 Å². The first-order chi connectivity index (χ1) is 9.56. The number of H-pyrrole nitrogens is 1. The molecule has 0 saturated heterocycles. The number of nitrogens with zero attached hydrogens (tertiary/aromatic N) is 2. The summed E-state index contributed by atoms with van der Waals surface area (Å²) in [6.45, 7) is 0. The number of fused-ring (bicyclic) bond motifs is 1. The molecule has 1 aromatic heterocycles. The van der Waals surface area contributed by atoms with Crippen LogP contribution in [0.4, 0.5) is 11.4 Å². The van der Waals surface area contributed by atoms with Gasteiger partial charge in [0, 0.05) is 5.69 Å². The van der Waals surface area contributed by atoms with Crippen molar-refractivity contribution in [1.29, 1.82) is 0 Å². The number of nitrogens with two attached hydrogens (primary N) is 1. The van der Waals surface area contributed by atoms with Crippen LogP contribution in [-0.4, -0.2) is 23.8 Å². The Morgan fingerprint density at radius 2 is 1.80 bits per heavy atom. The maximum Gasteiger partial charge on any atom is 0.261 e. The number of anilines is 2. The molecule has 0 fully saturated rings. The Labute approximate surface area is 114 Å². The van der Waals surface area contributed by atoms with Crippen LogP contribution < -0.4 is 10.5 Å². The van der Waals surface area contributed by atoms with Crippen molar-refractivity contribution in [2.24, 2.45) is 0 Å². The molecule has 0 saturated carbocycles. The predicted molar refractivity (Wildman–Crippen MR) is 75.6 cm³/mol. The molecule has 0 aliphatic heterocycles. The first-order valence-electron chi connectivity index (χ1n) is 5.74. The van der Waals surface area contributed by atoms with Gasteiger partial charge in [-0.25, -0.2) is 8.42 Å². The van der Waals surface area contributed by atoms with Crippen LogP contribution >= 0.6 is 0 Å². The van der Waals surface area contributed by atoms with Gasteiger partial charge in [0.25, 0.3) is 10.0 Å². The van der Waals surface area contributed by atoms with Crippen molar-refractivity contribution in [3.8, 4) is 0 Å². The minimum atomic E-state index is -3.69. The third kappa shape index (κ3) is 2.16. The maximum absolute atomic E-state index is 12.3. The molecule has 0 aliphatic carbocycles. The number of para-hydroxylation sites is 1. The summed E-state index contributed by atoms with van der Waals surface area (Å²) < 4.78 is 27.0. The second-order valence-corrected chi connectivity index (χ2v) is 5.85. The zero-order chi connectivity index (χ0) is 14.2. The van der Waals surface area contributed by atoms with E-state index in [1.54, 1.807) is 18.2 Å². The molecule has 0 bridgehead atoms. The highest BCUT2D eigenvalue weighted by atomic mass is 32.2. The van der Waals surface area contributed by atoms with E-state index in [-0.39, 0.29) is 4.90 Å². The smallest absolute Gasteiger partial charge is 0.261 e. The van der Waals surface area contributed by atoms with Crippen molar-refractivity contribution in [3.05, 3.63) is 42.5 Å². The minimum absolute atomic E-state index is 0.132. The van der Waals surface area contributed by atoms with Crippen molar-refractivity contribution in [1.82, 2.24) is 15.4 Å². The lowest BCUT2D eigenvalue weighted by Gasteiger charge is -2.08. The fraction of sp³-hybridized carbons (Fsp3) is 0. The van der Waals surface area contributed by atoms with Crippen LogP contribution in [0.1, 0.15) is 0 Å². The number of hydrogen-bond donors (Lipinski definition) is 3. The lowest BCUT2D eigenvalue weighted by molar-refractivity contribution is 0.601. The Balaban J connectivity index is 2.01. The number of benzene rings is 2. The molecule has 0 atom stereocenters. The lowest BCUT2D eigenvalue weighted by atomic mass is 10.3. The van der Waals surface area contributed by atoms with Gasteiger partial charge in [-0.2, -0.15) is 15.4 Å². The van der Waals surface area contributed by atoms with Gasteiger partial charge in [0.2, 0.25) is 0 Å². The second kappa shape index (κ2) is 4.49. The van der Waals surface area contributed by atoms with Crippen molar-refractivity contribution < 1.29 is 8.42 Å². The number of sulfonamides is 1. The summed E-state index contributed by atoms with van der Waals surface area (Å²) in [5.74, 6) is 0. The van der Waals surface area contributed by atoms with Crippen molar-refractivity contribution in [2.45, 2.75) is 4.90 Å². The van der Waals surface area contributed by atoms with E-state index in [1.165, 1.54) is 24.3 Å². The standard InChI is InChI=1S/C12H11N5O2S/c13-8-4-6-9(7-5-8)20(18,19)16-11-3-1-2-10-12(11)15-17-14-10/h1-7,16H,13H2,(H,14,15,17). The largest absolute Gasteiger partial charge is 0.399 e. The summed E-state index contributed by atoms with van der Waals surface area (Å²) in [5, 5.41) is 10.3. The van der Waals surface area contributed by atoms with Gasteiger partial charge in [-0.05, 0) is 36.4 Å². The molecule has 3 rings (SSSR count). The maximum atomic E-state index is 12.3. The Bertz CT molecular complexity index is 855. The van der Waals surface area contributed by atoms with E-state index >= 15 is 0 Å². The molecule has 0 aliphatic rings. The summed E-state index contributed by atoms with van der Waals surface area (Å²) in [6, 6.07) is 11.0. The quantitative estimate of drug-likeness (QED) is 0.630. The van der Waals surface area contributed by atoms with Crippen molar-refractivity contribution in [2.75, 3.05) is 10.5 Å². The lowest BCUT2D eigenvalue weighted by Crippen LogP contribution is -2.13. The van der Waals surface area contributed by atoms with E-state index in [9.17, 15) is 8.42 Å². The fourth-order valence-corrected chi connectivity index (χ4v) is 2.87. The van der Waals surface area contributed by atoms with E-state index in [2.05, 4.69) is 20.1 Å². The van der Waals surface area contributed by atoms with Crippen molar-refractivity contribution in [3.63, 3.8) is 0 Å². The van der Waals surface area contributed by atoms with Gasteiger partial charge in [-0.1, -0.05) is 6.07 Å². The van der Waals surface area contributed by atoms with Gasteiger partial charge in [-0.3, -0.25) is 4.72 Å². The van der Waals surface area contributed by atoms with Gasteiger partial charge < -0.3 is 5.73 Å². The second-order valence-electron chi connectivity index (χ2n) is 4.17. The molecule has 0 amide bonds. The van der Waals surface area contributed by atoms with Crippen molar-refractivity contribution >= 4 is 32.4 Å². The topological polar surface area (TPSA) is 114 Å². The van der Waals surface area contributed by atoms with Gasteiger partial charge in [-0.15, -0.1) is 0 Å². The van der Waals surface area contributed by atoms with Crippen LogP contribution in [0.5, 0.6) is 0 Å². The summed E-state index contributed by atoms with van der Waals surface area (Å²) in [4.78, 5) is 0.132. The average molecular weight is 289 g/mol. The predicted octanol–water partition coefficient (Wildman–Crippen LogP) is 1.34. The highest BCUT2D eigenvalue weighted by molar-refractivity contribution is 7.92. The number of nitrogen functional groups attached to an aromatic ring is 1. The van der Waals surface area contributed by atoms with Crippen LogP contribution in [0.2, 0.25) is 0 Å². The van der Waals surface area contributed by atoms with Crippen LogP contribution in [0.3, 0.4) is 0 Å². The fourth-order valence-electron chi connectivity index (χ4n) is 1.80. The molecule has 4 N–H and O–H groups in total. The van der Waals surface area contributed by atoms with E-state index in [0.717, 1.165) is 0 Å². The molecule has 1 heterocycles. The molecule has 2 aromatic carbocycles. The third-order valence-corrected chi connectivity index (χ3v) is 4.16. The summed E-state index contributed by atoms with van der Waals surface area (Å²) >= 11 is 0. The van der Waals surface area contributed by atoms with Gasteiger partial charge in [0.05, 0.1) is 10.6 Å². The summed E-state index contributed by atoms with van der Waals surface area (Å²) in [6.07, 6.45) is 0. The molecule has 8 heteroatoms. The zero-order valence-electron chi connectivity index (χ0n) is 10.2. The minimum Gasteiger partial charge on any atom is -0.399 e. The molecule has 0 unspecified atom stereocenters. The average Bonchev–Trinajstić information content (AvgIpc) is 2.88. The number of aromatic amines is 1. The zero-order valence-corrected chi connectivity index (χ0v) is 11.1. The summed E-state index contributed by atoms with van der Waals surface area (Å²) in [7, 11) is -3.69. The Morgan fingerprint density at radius 3 is 2.55 bits per heavy atom. The Hall–Kier alpha value is -2.61. The van der Waals surface area contributed by atoms with Crippen LogP contribution in [0, 0.1) is 0 Å². The van der Waals surface area contributed by atoms with Gasteiger partial charge >= 0.3 is 0 Å². The first kappa shape index (κ1) is 12.4. The first-order valence-corrected chi connectivity index (χ1v) is 7.22. The SMILES string of the molecule is Nc1ccc(S(=O)(=O)Nc2cccc3n[nH]nc23)cc1. The molecular formula is C12H11N5O2S. The molecule has 3 aromatic rings. The van der Waals surface area contributed by atoms with E-state index < -0.39 is 10.0 Å². The summed E-state index contributed by atoms with van der Waals surface area (Å²) in [5.41, 5.74) is 7.47. The highest BCUT2D eigenvalue weighted by Crippen LogP contribution is 2.22. The van der Waals surface area contributed by atoms with Gasteiger partial charge in [0.1, 0.15) is 11.0 Å². The molecule has 0 radical (unpaired) electrons. The van der Waals surface area contributed by atoms with E-state index in [1.807, 2.05) is 0 Å². The van der Waals surface area contributed by atoms with Crippen LogP contribution in [0.15, 0.2) is 47.4 Å². The molecule has 0 spiro atoms. The van der Waals surface area contributed by atoms with E-state index in [4.69, 9.17) is 5.73 Å². The van der Waals surface area contributed by atoms with Crippen LogP contribution in [0.25, 0.3) is 11.0 Å². The molecule has 7 nitrogen and oxygen atoms in total.